The Bertz CT molecular complexity index is 1000. The number of aryl methyl sites for hydroxylation is 1. The van der Waals surface area contributed by atoms with Gasteiger partial charge in [0.05, 0.1) is 5.75 Å². The number of phenols is 1. The van der Waals surface area contributed by atoms with Crippen LogP contribution in [0.4, 0.5) is 18.9 Å². The molecule has 0 unspecified atom stereocenters. The number of rotatable bonds is 8. The van der Waals surface area contributed by atoms with Gasteiger partial charge < -0.3 is 10.8 Å². The van der Waals surface area contributed by atoms with Crippen LogP contribution in [0.5, 0.6) is 5.75 Å². The summed E-state index contributed by atoms with van der Waals surface area (Å²) in [6.45, 7) is 0.376. The van der Waals surface area contributed by atoms with Gasteiger partial charge in [-0.2, -0.15) is 13.2 Å². The summed E-state index contributed by atoms with van der Waals surface area (Å²) in [5, 5.41) is 10.6. The van der Waals surface area contributed by atoms with Crippen LogP contribution >= 0.6 is 0 Å². The van der Waals surface area contributed by atoms with Crippen molar-refractivity contribution in [2.24, 2.45) is 5.73 Å². The molecule has 30 heavy (non-hydrogen) atoms. The fourth-order valence-electron chi connectivity index (χ4n) is 4.28. The summed E-state index contributed by atoms with van der Waals surface area (Å²) in [4.78, 5) is 0. The second kappa shape index (κ2) is 8.47. The van der Waals surface area contributed by atoms with Gasteiger partial charge in [-0.25, -0.2) is 8.42 Å². The Morgan fingerprint density at radius 3 is 2.57 bits per heavy atom. The summed E-state index contributed by atoms with van der Waals surface area (Å²) in [6, 6.07) is 12.2. The van der Waals surface area contributed by atoms with Gasteiger partial charge in [-0.05, 0) is 61.6 Å². The number of sulfonamides is 1. The van der Waals surface area contributed by atoms with Crippen molar-refractivity contribution in [3.05, 3.63) is 59.2 Å². The van der Waals surface area contributed by atoms with Gasteiger partial charge in [-0.1, -0.05) is 24.3 Å². The van der Waals surface area contributed by atoms with Crippen LogP contribution in [0.25, 0.3) is 0 Å². The molecule has 0 spiro atoms. The van der Waals surface area contributed by atoms with Crippen LogP contribution in [-0.2, 0) is 21.9 Å². The van der Waals surface area contributed by atoms with Crippen molar-refractivity contribution >= 4 is 15.7 Å². The lowest BCUT2D eigenvalue weighted by molar-refractivity contribution is -0.134. The lowest BCUT2D eigenvalue weighted by atomic mass is 9.72. The third-order valence-electron chi connectivity index (χ3n) is 5.58. The highest BCUT2D eigenvalue weighted by Crippen LogP contribution is 2.49. The minimum absolute atomic E-state index is 0.0279. The highest BCUT2D eigenvalue weighted by atomic mass is 32.2. The van der Waals surface area contributed by atoms with Crippen LogP contribution in [0.3, 0.4) is 0 Å². The molecule has 4 N–H and O–H groups in total. The number of alkyl halides is 3. The molecule has 5 nitrogen and oxygen atoms in total. The predicted molar refractivity (Wildman–Crippen MR) is 110 cm³/mol. The molecule has 2 aromatic rings. The van der Waals surface area contributed by atoms with E-state index in [1.165, 1.54) is 12.1 Å². The molecule has 3 rings (SSSR count). The highest BCUT2D eigenvalue weighted by Gasteiger charge is 2.41. The number of hydrogen-bond acceptors (Lipinski definition) is 4. The molecule has 0 heterocycles. The van der Waals surface area contributed by atoms with E-state index >= 15 is 0 Å². The number of fused-ring (bicyclic) bond motifs is 1. The van der Waals surface area contributed by atoms with Crippen LogP contribution < -0.4 is 10.5 Å². The van der Waals surface area contributed by atoms with Gasteiger partial charge in [0.1, 0.15) is 5.75 Å². The maximum Gasteiger partial charge on any atom is 0.389 e. The van der Waals surface area contributed by atoms with Crippen molar-refractivity contribution < 1.29 is 26.7 Å². The molecule has 164 valence electrons. The molecule has 1 atom stereocenters. The van der Waals surface area contributed by atoms with Gasteiger partial charge in [0.2, 0.25) is 10.0 Å². The van der Waals surface area contributed by atoms with Crippen molar-refractivity contribution in [2.75, 3.05) is 17.0 Å². The van der Waals surface area contributed by atoms with E-state index in [4.69, 9.17) is 5.73 Å². The monoisotopic (exact) mass is 442 g/mol. The summed E-state index contributed by atoms with van der Waals surface area (Å²) in [6.07, 6.45) is -3.98. The molecular formula is C21H25F3N2O3S. The molecule has 0 saturated heterocycles. The highest BCUT2D eigenvalue weighted by molar-refractivity contribution is 7.92. The SMILES string of the molecule is NCC[C@]1(c2cc(NS(=O)(=O)CCCC(F)(F)F)ccc2O)CCc2ccccc21. The van der Waals surface area contributed by atoms with Crippen LogP contribution in [0.15, 0.2) is 42.5 Å². The van der Waals surface area contributed by atoms with E-state index in [9.17, 15) is 26.7 Å². The molecule has 0 aromatic heterocycles. The number of benzene rings is 2. The summed E-state index contributed by atoms with van der Waals surface area (Å²) < 4.78 is 63.8. The van der Waals surface area contributed by atoms with Crippen molar-refractivity contribution in [1.82, 2.24) is 0 Å². The van der Waals surface area contributed by atoms with Gasteiger partial charge >= 0.3 is 6.18 Å². The molecule has 2 aromatic carbocycles. The van der Waals surface area contributed by atoms with Gasteiger partial charge in [0, 0.05) is 23.1 Å². The molecule has 0 aliphatic heterocycles. The van der Waals surface area contributed by atoms with E-state index in [0.29, 0.717) is 18.5 Å². The first-order valence-corrected chi connectivity index (χ1v) is 11.4. The second-order valence-electron chi connectivity index (χ2n) is 7.65. The van der Waals surface area contributed by atoms with Crippen LogP contribution in [0, 0.1) is 0 Å². The van der Waals surface area contributed by atoms with Crippen molar-refractivity contribution in [3.63, 3.8) is 0 Å². The summed E-state index contributed by atoms with van der Waals surface area (Å²) in [5.41, 5.74) is 8.31. The van der Waals surface area contributed by atoms with E-state index < -0.39 is 40.2 Å². The zero-order valence-corrected chi connectivity index (χ0v) is 17.2. The fraction of sp³-hybridized carbons (Fsp3) is 0.429. The van der Waals surface area contributed by atoms with Gasteiger partial charge in [0.25, 0.3) is 0 Å². The summed E-state index contributed by atoms with van der Waals surface area (Å²) >= 11 is 0. The Morgan fingerprint density at radius 2 is 1.87 bits per heavy atom. The number of nitrogens with one attached hydrogen (secondary N) is 1. The number of halogens is 3. The minimum atomic E-state index is -4.40. The first kappa shape index (κ1) is 22.4. The lowest BCUT2D eigenvalue weighted by Gasteiger charge is -2.32. The Hall–Kier alpha value is -2.26. The van der Waals surface area contributed by atoms with Gasteiger partial charge in [0.15, 0.2) is 0 Å². The molecule has 0 bridgehead atoms. The Morgan fingerprint density at radius 1 is 1.13 bits per heavy atom. The first-order chi connectivity index (χ1) is 14.1. The van der Waals surface area contributed by atoms with Crippen LogP contribution in [0.1, 0.15) is 42.4 Å². The zero-order valence-electron chi connectivity index (χ0n) is 16.4. The van der Waals surface area contributed by atoms with Gasteiger partial charge in [-0.15, -0.1) is 0 Å². The zero-order chi connectivity index (χ0) is 22.0. The maximum atomic E-state index is 12.3. The van der Waals surface area contributed by atoms with E-state index in [2.05, 4.69) is 4.72 Å². The normalized spacial score (nSPS) is 18.9. The van der Waals surface area contributed by atoms with E-state index in [1.807, 2.05) is 24.3 Å². The van der Waals surface area contributed by atoms with Crippen LogP contribution in [-0.4, -0.2) is 32.0 Å². The lowest BCUT2D eigenvalue weighted by Crippen LogP contribution is -2.28. The molecular weight excluding hydrogens is 417 g/mol. The molecule has 0 saturated carbocycles. The summed E-state index contributed by atoms with van der Waals surface area (Å²) in [7, 11) is -3.96. The number of hydrogen-bond donors (Lipinski definition) is 3. The third-order valence-corrected chi connectivity index (χ3v) is 6.96. The number of anilines is 1. The summed E-state index contributed by atoms with van der Waals surface area (Å²) in [5.74, 6) is -0.611. The van der Waals surface area contributed by atoms with Crippen molar-refractivity contribution in [3.8, 4) is 5.75 Å². The Balaban J connectivity index is 1.90. The average Bonchev–Trinajstić information content (AvgIpc) is 3.02. The van der Waals surface area contributed by atoms with E-state index in [-0.39, 0.29) is 11.4 Å². The Labute approximate surface area is 174 Å². The van der Waals surface area contributed by atoms with Crippen molar-refractivity contribution in [1.29, 1.82) is 0 Å². The van der Waals surface area contributed by atoms with E-state index in [0.717, 1.165) is 24.0 Å². The average molecular weight is 443 g/mol. The second-order valence-corrected chi connectivity index (χ2v) is 9.49. The first-order valence-electron chi connectivity index (χ1n) is 9.75. The molecule has 9 heteroatoms. The molecule has 1 aliphatic rings. The van der Waals surface area contributed by atoms with Crippen molar-refractivity contribution in [2.45, 2.75) is 43.7 Å². The fourth-order valence-corrected chi connectivity index (χ4v) is 5.40. The molecule has 0 radical (unpaired) electrons. The standard InChI is InChI=1S/C21H25F3N2O3S/c22-21(23,24)9-3-13-30(28,29)26-16-6-7-19(27)18(14-16)20(11-12-25)10-8-15-4-1-2-5-17(15)20/h1-2,4-7,14,26-27H,3,8-13,25H2/t20-/m1/s1. The molecule has 0 amide bonds. The topological polar surface area (TPSA) is 92.4 Å². The largest absolute Gasteiger partial charge is 0.508 e. The molecule has 0 fully saturated rings. The van der Waals surface area contributed by atoms with E-state index in [1.54, 1.807) is 6.07 Å². The van der Waals surface area contributed by atoms with Crippen LogP contribution in [0.2, 0.25) is 0 Å². The quantitative estimate of drug-likeness (QED) is 0.538. The maximum absolute atomic E-state index is 12.3. The number of aromatic hydroxyl groups is 1. The Kier molecular flexibility index (Phi) is 6.33. The number of phenolic OH excluding ortho intramolecular Hbond substituents is 1. The number of nitrogens with two attached hydrogens (primary N) is 1. The predicted octanol–water partition coefficient (Wildman–Crippen LogP) is 4.06. The third kappa shape index (κ3) is 4.89. The molecule has 1 aliphatic carbocycles. The smallest absolute Gasteiger partial charge is 0.389 e. The van der Waals surface area contributed by atoms with Gasteiger partial charge in [-0.3, -0.25) is 4.72 Å². The minimum Gasteiger partial charge on any atom is -0.508 e.